The van der Waals surface area contributed by atoms with E-state index in [9.17, 15) is 22.6 Å². The molecule has 0 aliphatic heterocycles. The Hall–Kier alpha value is -1.15. The van der Waals surface area contributed by atoms with Crippen LogP contribution >= 0.6 is 0 Å². The second kappa shape index (κ2) is 33.7. The molecule has 1 atom stereocenters. The van der Waals surface area contributed by atoms with Gasteiger partial charge in [0.25, 0.3) is 10.1 Å². The molecule has 0 heterocycles. The quantitative estimate of drug-likeness (QED) is 0.0389. The van der Waals surface area contributed by atoms with Gasteiger partial charge >= 0.3 is 5.97 Å². The van der Waals surface area contributed by atoms with Crippen LogP contribution in [0.4, 0.5) is 0 Å². The SMILES string of the molecule is CCCCCCCCCCCCCCCCCCOC(=O)C(CC(=O)NCCCCCCCCCCCCCCCC)S(=O)(=O)O. The highest BCUT2D eigenvalue weighted by atomic mass is 32.2. The number of esters is 1. The van der Waals surface area contributed by atoms with Crippen molar-refractivity contribution >= 4 is 22.0 Å². The first kappa shape index (κ1) is 44.9. The molecular formula is C38H75NO6S. The van der Waals surface area contributed by atoms with E-state index in [0.717, 1.165) is 38.5 Å². The number of nitrogens with one attached hydrogen (secondary N) is 1. The lowest BCUT2D eigenvalue weighted by molar-refractivity contribution is -0.144. The van der Waals surface area contributed by atoms with Crippen molar-refractivity contribution in [3.8, 4) is 0 Å². The molecule has 0 aliphatic carbocycles. The Kier molecular flexibility index (Phi) is 32.9. The summed E-state index contributed by atoms with van der Waals surface area (Å²) in [5.41, 5.74) is 0. The van der Waals surface area contributed by atoms with E-state index in [4.69, 9.17) is 4.74 Å². The van der Waals surface area contributed by atoms with Crippen LogP contribution in [0.1, 0.15) is 213 Å². The van der Waals surface area contributed by atoms with Crippen LogP contribution in [0.2, 0.25) is 0 Å². The van der Waals surface area contributed by atoms with E-state index in [-0.39, 0.29) is 6.61 Å². The summed E-state index contributed by atoms with van der Waals surface area (Å²) in [6.07, 6.45) is 36.7. The monoisotopic (exact) mass is 674 g/mol. The standard InChI is InChI=1S/C38H75NO6S/c1-3-5-7-9-11-13-15-17-19-20-22-24-26-28-30-32-34-45-38(41)36(46(42,43)44)35-37(40)39-33-31-29-27-25-23-21-18-16-14-12-10-8-6-4-2/h36H,3-35H2,1-2H3,(H,39,40)(H,42,43,44). The fraction of sp³-hybridized carbons (Fsp3) is 0.947. The summed E-state index contributed by atoms with van der Waals surface area (Å²) in [7, 11) is -4.73. The van der Waals surface area contributed by atoms with Crippen LogP contribution in [0.25, 0.3) is 0 Å². The van der Waals surface area contributed by atoms with Gasteiger partial charge in [0.15, 0.2) is 5.25 Å². The van der Waals surface area contributed by atoms with Gasteiger partial charge in [0.05, 0.1) is 13.0 Å². The maximum Gasteiger partial charge on any atom is 0.327 e. The van der Waals surface area contributed by atoms with Gasteiger partial charge in [0.1, 0.15) is 0 Å². The number of hydrogen-bond acceptors (Lipinski definition) is 5. The first-order valence-corrected chi connectivity index (χ1v) is 21.2. The Bertz CT molecular complexity index is 788. The van der Waals surface area contributed by atoms with Crippen molar-refractivity contribution in [2.45, 2.75) is 218 Å². The van der Waals surface area contributed by atoms with Gasteiger partial charge in [0.2, 0.25) is 5.91 Å². The molecule has 0 aromatic heterocycles. The van der Waals surface area contributed by atoms with Gasteiger partial charge in [-0.15, -0.1) is 0 Å². The molecule has 1 amide bonds. The Balaban J connectivity index is 3.75. The van der Waals surface area contributed by atoms with Gasteiger partial charge < -0.3 is 10.1 Å². The molecular weight excluding hydrogens is 598 g/mol. The first-order chi connectivity index (χ1) is 22.3. The van der Waals surface area contributed by atoms with Crippen LogP contribution in [0.15, 0.2) is 0 Å². The van der Waals surface area contributed by atoms with Gasteiger partial charge in [-0.3, -0.25) is 14.1 Å². The molecule has 0 spiro atoms. The lowest BCUT2D eigenvalue weighted by Gasteiger charge is -2.13. The molecule has 8 heteroatoms. The van der Waals surface area contributed by atoms with E-state index in [2.05, 4.69) is 19.2 Å². The van der Waals surface area contributed by atoms with Crippen LogP contribution in [0.5, 0.6) is 0 Å². The van der Waals surface area contributed by atoms with Crippen molar-refractivity contribution in [3.05, 3.63) is 0 Å². The molecule has 0 rings (SSSR count). The molecule has 7 nitrogen and oxygen atoms in total. The second-order valence-electron chi connectivity index (χ2n) is 13.6. The average molecular weight is 674 g/mol. The number of ether oxygens (including phenoxy) is 1. The second-order valence-corrected chi connectivity index (χ2v) is 15.2. The zero-order chi connectivity index (χ0) is 34.0. The number of unbranched alkanes of at least 4 members (excludes halogenated alkanes) is 28. The van der Waals surface area contributed by atoms with Crippen LogP contribution in [0, 0.1) is 0 Å². The van der Waals surface area contributed by atoms with Gasteiger partial charge in [-0.05, 0) is 12.8 Å². The van der Waals surface area contributed by atoms with E-state index in [1.807, 2.05) is 0 Å². The number of rotatable bonds is 36. The zero-order valence-electron chi connectivity index (χ0n) is 30.3. The predicted octanol–water partition coefficient (Wildman–Crippen LogP) is 11.0. The van der Waals surface area contributed by atoms with Crippen LogP contribution in [-0.4, -0.2) is 43.2 Å². The molecule has 0 radical (unpaired) electrons. The van der Waals surface area contributed by atoms with Crippen LogP contribution in [-0.2, 0) is 24.4 Å². The molecule has 0 bridgehead atoms. The van der Waals surface area contributed by atoms with Crippen molar-refractivity contribution in [2.75, 3.05) is 13.2 Å². The van der Waals surface area contributed by atoms with Crippen molar-refractivity contribution in [1.29, 1.82) is 0 Å². The minimum absolute atomic E-state index is 0.101. The van der Waals surface area contributed by atoms with Crippen molar-refractivity contribution < 1.29 is 27.3 Å². The molecule has 46 heavy (non-hydrogen) atoms. The Labute approximate surface area is 285 Å². The summed E-state index contributed by atoms with van der Waals surface area (Å²) in [6.45, 7) is 5.04. The molecule has 0 aromatic carbocycles. The minimum atomic E-state index is -4.73. The third-order valence-corrected chi connectivity index (χ3v) is 10.2. The summed E-state index contributed by atoms with van der Waals surface area (Å²) >= 11 is 0. The summed E-state index contributed by atoms with van der Waals surface area (Å²) in [5, 5.41) is 0.817. The summed E-state index contributed by atoms with van der Waals surface area (Å²) in [4.78, 5) is 24.6. The van der Waals surface area contributed by atoms with E-state index < -0.39 is 33.7 Å². The minimum Gasteiger partial charge on any atom is -0.465 e. The third kappa shape index (κ3) is 31.4. The smallest absolute Gasteiger partial charge is 0.327 e. The Morgan fingerprint density at radius 2 is 0.826 bits per heavy atom. The van der Waals surface area contributed by atoms with Crippen LogP contribution < -0.4 is 5.32 Å². The maximum absolute atomic E-state index is 12.4. The summed E-state index contributed by atoms with van der Waals surface area (Å²) < 4.78 is 38.2. The third-order valence-electron chi connectivity index (χ3n) is 9.09. The average Bonchev–Trinajstić information content (AvgIpc) is 3.02. The fourth-order valence-electron chi connectivity index (χ4n) is 6.01. The lowest BCUT2D eigenvalue weighted by Crippen LogP contribution is -2.38. The lowest BCUT2D eigenvalue weighted by atomic mass is 10.0. The van der Waals surface area contributed by atoms with E-state index in [1.54, 1.807) is 0 Å². The predicted molar refractivity (Wildman–Crippen MR) is 194 cm³/mol. The van der Waals surface area contributed by atoms with E-state index in [1.165, 1.54) is 148 Å². The molecule has 1 unspecified atom stereocenters. The summed E-state index contributed by atoms with van der Waals surface area (Å²) in [5.74, 6) is -1.60. The maximum atomic E-state index is 12.4. The van der Waals surface area contributed by atoms with Crippen LogP contribution in [0.3, 0.4) is 0 Å². The number of carbonyl (C=O) groups excluding carboxylic acids is 2. The molecule has 0 saturated heterocycles. The molecule has 0 aromatic rings. The van der Waals surface area contributed by atoms with E-state index in [0.29, 0.717) is 13.0 Å². The number of carbonyl (C=O) groups is 2. The Morgan fingerprint density at radius 3 is 1.15 bits per heavy atom. The normalized spacial score (nSPS) is 12.3. The largest absolute Gasteiger partial charge is 0.465 e. The molecule has 0 aliphatic rings. The topological polar surface area (TPSA) is 110 Å². The summed E-state index contributed by atoms with van der Waals surface area (Å²) in [6, 6.07) is 0. The van der Waals surface area contributed by atoms with Crippen molar-refractivity contribution in [3.63, 3.8) is 0 Å². The Morgan fingerprint density at radius 1 is 0.522 bits per heavy atom. The van der Waals surface area contributed by atoms with Gasteiger partial charge in [-0.25, -0.2) is 0 Å². The molecule has 274 valence electrons. The molecule has 0 fully saturated rings. The number of amides is 1. The van der Waals surface area contributed by atoms with Gasteiger partial charge in [-0.2, -0.15) is 8.42 Å². The highest BCUT2D eigenvalue weighted by Crippen LogP contribution is 2.15. The van der Waals surface area contributed by atoms with Crippen molar-refractivity contribution in [2.24, 2.45) is 0 Å². The van der Waals surface area contributed by atoms with Gasteiger partial charge in [0, 0.05) is 6.54 Å². The van der Waals surface area contributed by atoms with Gasteiger partial charge in [-0.1, -0.05) is 194 Å². The highest BCUT2D eigenvalue weighted by molar-refractivity contribution is 7.87. The molecule has 0 saturated carbocycles. The zero-order valence-corrected chi connectivity index (χ0v) is 31.1. The number of hydrogen-bond donors (Lipinski definition) is 2. The first-order valence-electron chi connectivity index (χ1n) is 19.7. The fourth-order valence-corrected chi connectivity index (χ4v) is 6.69. The molecule has 2 N–H and O–H groups in total. The van der Waals surface area contributed by atoms with Crippen molar-refractivity contribution in [1.82, 2.24) is 5.32 Å². The highest BCUT2D eigenvalue weighted by Gasteiger charge is 2.34. The van der Waals surface area contributed by atoms with E-state index >= 15 is 0 Å².